The highest BCUT2D eigenvalue weighted by Gasteiger charge is 2.45. The van der Waals surface area contributed by atoms with Gasteiger partial charge >= 0.3 is 0 Å². The molecule has 1 aromatic rings. The second-order valence-electron chi connectivity index (χ2n) is 7.92. The Morgan fingerprint density at radius 3 is 2.74 bits per heavy atom. The van der Waals surface area contributed by atoms with Crippen molar-refractivity contribution in [3.8, 4) is 11.5 Å². The van der Waals surface area contributed by atoms with E-state index in [1.54, 1.807) is 0 Å². The first-order valence-electron chi connectivity index (χ1n) is 9.15. The molecule has 1 aromatic carbocycles. The minimum Gasteiger partial charge on any atom is -0.507 e. The fourth-order valence-electron chi connectivity index (χ4n) is 4.25. The molecule has 126 valence electrons. The summed E-state index contributed by atoms with van der Waals surface area (Å²) in [6.07, 6.45) is 10.3. The van der Waals surface area contributed by atoms with Crippen molar-refractivity contribution in [3.05, 3.63) is 35.4 Å². The van der Waals surface area contributed by atoms with Gasteiger partial charge in [-0.25, -0.2) is 0 Å². The molecule has 1 heterocycles. The lowest BCUT2D eigenvalue weighted by Gasteiger charge is -2.47. The van der Waals surface area contributed by atoms with Crippen LogP contribution in [-0.4, -0.2) is 10.7 Å². The molecule has 0 saturated heterocycles. The highest BCUT2D eigenvalue weighted by molar-refractivity contribution is 5.53. The summed E-state index contributed by atoms with van der Waals surface area (Å²) in [4.78, 5) is 0. The molecule has 0 aromatic heterocycles. The Morgan fingerprint density at radius 1 is 1.22 bits per heavy atom. The summed E-state index contributed by atoms with van der Waals surface area (Å²) in [5.41, 5.74) is 2.00. The van der Waals surface area contributed by atoms with Crippen molar-refractivity contribution in [2.75, 3.05) is 0 Å². The fourth-order valence-corrected chi connectivity index (χ4v) is 4.25. The van der Waals surface area contributed by atoms with Gasteiger partial charge in [0.05, 0.1) is 0 Å². The van der Waals surface area contributed by atoms with Crippen molar-refractivity contribution >= 4 is 0 Å². The maximum atomic E-state index is 10.7. The van der Waals surface area contributed by atoms with Crippen LogP contribution in [0.1, 0.15) is 70.4 Å². The van der Waals surface area contributed by atoms with Crippen LogP contribution in [0.4, 0.5) is 0 Å². The highest BCUT2D eigenvalue weighted by atomic mass is 16.5. The van der Waals surface area contributed by atoms with E-state index in [1.165, 1.54) is 24.8 Å². The average molecular weight is 314 g/mol. The number of aromatic hydroxyl groups is 1. The van der Waals surface area contributed by atoms with Crippen molar-refractivity contribution in [1.82, 2.24) is 0 Å². The molecule has 23 heavy (non-hydrogen) atoms. The van der Waals surface area contributed by atoms with Crippen molar-refractivity contribution in [1.29, 1.82) is 0 Å². The Labute approximate surface area is 140 Å². The summed E-state index contributed by atoms with van der Waals surface area (Å²) in [5.74, 6) is 2.58. The SMILES string of the molecule is CCCCCc1cc(O)c2c(c1)OC(C)(C)C1CC(C)C=CC21. The predicted octanol–water partition coefficient (Wildman–Crippen LogP) is 5.59. The van der Waals surface area contributed by atoms with E-state index in [-0.39, 0.29) is 11.5 Å². The molecule has 2 aliphatic rings. The van der Waals surface area contributed by atoms with Crippen LogP contribution in [0.25, 0.3) is 0 Å². The van der Waals surface area contributed by atoms with Gasteiger partial charge in [-0.05, 0) is 56.7 Å². The molecule has 0 amide bonds. The van der Waals surface area contributed by atoms with Crippen LogP contribution < -0.4 is 4.74 Å². The molecular weight excluding hydrogens is 284 g/mol. The van der Waals surface area contributed by atoms with E-state index < -0.39 is 0 Å². The Kier molecular flexibility index (Phi) is 4.44. The molecule has 2 nitrogen and oxygen atoms in total. The number of allylic oxidation sites excluding steroid dienone is 2. The van der Waals surface area contributed by atoms with E-state index in [1.807, 2.05) is 6.07 Å². The molecule has 1 aliphatic heterocycles. The molecule has 0 bridgehead atoms. The van der Waals surface area contributed by atoms with Gasteiger partial charge in [0, 0.05) is 17.4 Å². The second-order valence-corrected chi connectivity index (χ2v) is 7.92. The summed E-state index contributed by atoms with van der Waals surface area (Å²) >= 11 is 0. The quantitative estimate of drug-likeness (QED) is 0.579. The van der Waals surface area contributed by atoms with Crippen molar-refractivity contribution in [2.45, 2.75) is 71.3 Å². The minimum absolute atomic E-state index is 0.189. The molecule has 3 unspecified atom stereocenters. The maximum Gasteiger partial charge on any atom is 0.127 e. The molecular formula is C21H30O2. The van der Waals surface area contributed by atoms with Gasteiger partial charge in [-0.3, -0.25) is 0 Å². The zero-order chi connectivity index (χ0) is 16.6. The molecule has 0 radical (unpaired) electrons. The topological polar surface area (TPSA) is 29.5 Å². The van der Waals surface area contributed by atoms with Gasteiger partial charge in [0.15, 0.2) is 0 Å². The van der Waals surface area contributed by atoms with Crippen molar-refractivity contribution in [3.63, 3.8) is 0 Å². The van der Waals surface area contributed by atoms with Crippen molar-refractivity contribution in [2.24, 2.45) is 11.8 Å². The van der Waals surface area contributed by atoms with Gasteiger partial charge < -0.3 is 9.84 Å². The molecule has 0 spiro atoms. The van der Waals surface area contributed by atoms with Crippen molar-refractivity contribution < 1.29 is 9.84 Å². The van der Waals surface area contributed by atoms with Gasteiger partial charge in [-0.1, -0.05) is 38.8 Å². The van der Waals surface area contributed by atoms with Crippen LogP contribution >= 0.6 is 0 Å². The first kappa shape index (κ1) is 16.4. The van der Waals surface area contributed by atoms with Crippen LogP contribution in [0.3, 0.4) is 0 Å². The number of fused-ring (bicyclic) bond motifs is 3. The Balaban J connectivity index is 1.97. The number of aryl methyl sites for hydroxylation is 1. The number of hydrogen-bond acceptors (Lipinski definition) is 2. The van der Waals surface area contributed by atoms with Gasteiger partial charge in [-0.15, -0.1) is 0 Å². The third kappa shape index (κ3) is 3.13. The van der Waals surface area contributed by atoms with Crippen LogP contribution in [-0.2, 0) is 6.42 Å². The smallest absolute Gasteiger partial charge is 0.127 e. The Morgan fingerprint density at radius 2 is 2.00 bits per heavy atom. The van der Waals surface area contributed by atoms with E-state index in [9.17, 15) is 5.11 Å². The van der Waals surface area contributed by atoms with Crippen LogP contribution in [0.5, 0.6) is 11.5 Å². The molecule has 3 rings (SSSR count). The number of phenols is 1. The standard InChI is InChI=1S/C21H30O2/c1-5-6-7-8-15-12-18(22)20-16-10-9-14(2)11-17(16)21(3,4)23-19(20)13-15/h9-10,12-14,16-17,22H,5-8,11H2,1-4H3. The van der Waals surface area contributed by atoms with E-state index >= 15 is 0 Å². The number of hydrogen-bond donors (Lipinski definition) is 1. The van der Waals surface area contributed by atoms with E-state index in [4.69, 9.17) is 4.74 Å². The summed E-state index contributed by atoms with van der Waals surface area (Å²) in [7, 11) is 0. The van der Waals surface area contributed by atoms with Gasteiger partial charge in [-0.2, -0.15) is 0 Å². The molecule has 3 atom stereocenters. The van der Waals surface area contributed by atoms with E-state index in [2.05, 4.69) is 45.9 Å². The number of ether oxygens (including phenoxy) is 1. The van der Waals surface area contributed by atoms with E-state index in [0.29, 0.717) is 17.6 Å². The monoisotopic (exact) mass is 314 g/mol. The normalized spacial score (nSPS) is 27.9. The van der Waals surface area contributed by atoms with Gasteiger partial charge in [0.25, 0.3) is 0 Å². The van der Waals surface area contributed by atoms with Gasteiger partial charge in [0.1, 0.15) is 17.1 Å². The first-order chi connectivity index (χ1) is 10.9. The molecule has 1 N–H and O–H groups in total. The summed E-state index contributed by atoms with van der Waals surface area (Å²) in [6.45, 7) is 8.86. The number of rotatable bonds is 4. The summed E-state index contributed by atoms with van der Waals surface area (Å²) in [5, 5.41) is 10.7. The third-order valence-corrected chi connectivity index (χ3v) is 5.55. The zero-order valence-corrected chi connectivity index (χ0v) is 14.9. The Hall–Kier alpha value is -1.44. The largest absolute Gasteiger partial charge is 0.507 e. The summed E-state index contributed by atoms with van der Waals surface area (Å²) < 4.78 is 6.37. The van der Waals surface area contributed by atoms with Crippen LogP contribution in [0, 0.1) is 11.8 Å². The maximum absolute atomic E-state index is 10.7. The minimum atomic E-state index is -0.189. The fraction of sp³-hybridized carbons (Fsp3) is 0.619. The molecule has 1 aliphatic carbocycles. The molecule has 0 fully saturated rings. The lowest BCUT2D eigenvalue weighted by atomic mass is 9.67. The predicted molar refractivity (Wildman–Crippen MR) is 95.2 cm³/mol. The van der Waals surface area contributed by atoms with E-state index in [0.717, 1.165) is 24.2 Å². The summed E-state index contributed by atoms with van der Waals surface area (Å²) in [6, 6.07) is 4.12. The Bertz CT molecular complexity index is 600. The zero-order valence-electron chi connectivity index (χ0n) is 14.9. The highest BCUT2D eigenvalue weighted by Crippen LogP contribution is 2.53. The van der Waals surface area contributed by atoms with Crippen LogP contribution in [0.2, 0.25) is 0 Å². The number of unbranched alkanes of at least 4 members (excludes halogenated alkanes) is 2. The first-order valence-corrected chi connectivity index (χ1v) is 9.15. The lowest BCUT2D eigenvalue weighted by molar-refractivity contribution is 0.00600. The van der Waals surface area contributed by atoms with Gasteiger partial charge in [0.2, 0.25) is 0 Å². The molecule has 0 saturated carbocycles. The molecule has 2 heteroatoms. The van der Waals surface area contributed by atoms with Crippen LogP contribution in [0.15, 0.2) is 24.3 Å². The second kappa shape index (κ2) is 6.22. The third-order valence-electron chi connectivity index (χ3n) is 5.55. The number of benzene rings is 1. The average Bonchev–Trinajstić information content (AvgIpc) is 2.47. The lowest BCUT2D eigenvalue weighted by Crippen LogP contribution is -2.45. The number of phenolic OH excluding ortho intramolecular Hbond substituents is 1.